The summed E-state index contributed by atoms with van der Waals surface area (Å²) in [6.45, 7) is 5.40. The first kappa shape index (κ1) is 38.4. The highest BCUT2D eigenvalue weighted by atomic mass is 16.6. The number of rotatable bonds is 14. The summed E-state index contributed by atoms with van der Waals surface area (Å²) in [7, 11) is 1.91. The molecular weight excluding hydrogens is 630 g/mol. The minimum absolute atomic E-state index is 0.00217. The molecule has 15 nitrogen and oxygen atoms in total. The molecule has 48 heavy (non-hydrogen) atoms. The van der Waals surface area contributed by atoms with Crippen molar-refractivity contribution in [2.75, 3.05) is 33.4 Å². The Bertz CT molecular complexity index is 1580. The summed E-state index contributed by atoms with van der Waals surface area (Å²) in [5, 5.41) is 30.2. The minimum Gasteiger partial charge on any atom is -0.478 e. The number of benzene rings is 2. The quantitative estimate of drug-likeness (QED) is 0.0867. The van der Waals surface area contributed by atoms with Crippen LogP contribution in [-0.4, -0.2) is 83.3 Å². The van der Waals surface area contributed by atoms with Crippen LogP contribution < -0.4 is 5.32 Å². The second-order valence-corrected chi connectivity index (χ2v) is 10.2. The van der Waals surface area contributed by atoms with Crippen molar-refractivity contribution in [2.24, 2.45) is 0 Å². The first-order chi connectivity index (χ1) is 22.7. The van der Waals surface area contributed by atoms with Gasteiger partial charge in [0, 0.05) is 50.0 Å². The maximum Gasteiger partial charge on any atom is 0.336 e. The maximum absolute atomic E-state index is 13.5. The highest BCUT2D eigenvalue weighted by Gasteiger charge is 2.39. The van der Waals surface area contributed by atoms with Gasteiger partial charge in [-0.05, 0) is 32.0 Å². The van der Waals surface area contributed by atoms with Crippen molar-refractivity contribution in [3.8, 4) is 0 Å². The van der Waals surface area contributed by atoms with Crippen LogP contribution in [0, 0.1) is 10.1 Å². The number of carbonyl (C=O) groups excluding carboxylic acids is 3. The summed E-state index contributed by atoms with van der Waals surface area (Å²) in [4.78, 5) is 70.4. The normalized spacial score (nSPS) is 14.1. The largest absolute Gasteiger partial charge is 0.478 e. The van der Waals surface area contributed by atoms with Crippen molar-refractivity contribution >= 4 is 35.5 Å². The average Bonchev–Trinajstić information content (AvgIpc) is 3.03. The molecule has 1 aliphatic rings. The van der Waals surface area contributed by atoms with Gasteiger partial charge in [-0.3, -0.25) is 19.8 Å². The summed E-state index contributed by atoms with van der Waals surface area (Å²) in [5.74, 6) is -5.60. The number of hydrogen-bond acceptors (Lipinski definition) is 12. The van der Waals surface area contributed by atoms with Gasteiger partial charge in [0.25, 0.3) is 5.69 Å². The molecule has 3 N–H and O–H groups in total. The lowest BCUT2D eigenvalue weighted by atomic mass is 9.80. The number of carboxylic acids is 2. The Balaban J connectivity index is 0.000000886. The minimum atomic E-state index is -1.26. The number of carbonyl (C=O) groups is 5. The zero-order chi connectivity index (χ0) is 35.8. The molecule has 15 heteroatoms. The van der Waals surface area contributed by atoms with Crippen LogP contribution in [0.5, 0.6) is 0 Å². The molecule has 2 aromatic carbocycles. The molecule has 0 aliphatic carbocycles. The van der Waals surface area contributed by atoms with E-state index in [-0.39, 0.29) is 42.4 Å². The lowest BCUT2D eigenvalue weighted by molar-refractivity contribution is -0.384. The lowest BCUT2D eigenvalue weighted by Gasteiger charge is -2.31. The van der Waals surface area contributed by atoms with Gasteiger partial charge in [-0.15, -0.1) is 0 Å². The predicted molar refractivity (Wildman–Crippen MR) is 170 cm³/mol. The smallest absolute Gasteiger partial charge is 0.336 e. The third-order valence-electron chi connectivity index (χ3n) is 6.56. The SMILES string of the molecule is CCOC(=O)C1=C(COC(C)=O)NC(C)=C(C(=O)OCCN(C)Cc2ccccc2)C1c1cccc([N+](=O)[O-])c1.O=C(O)C=CC(=O)O. The zero-order valence-electron chi connectivity index (χ0n) is 26.8. The summed E-state index contributed by atoms with van der Waals surface area (Å²) in [5.41, 5.74) is 1.88. The van der Waals surface area contributed by atoms with E-state index in [1.807, 2.05) is 42.3 Å². The van der Waals surface area contributed by atoms with Crippen LogP contribution in [0.4, 0.5) is 5.69 Å². The summed E-state index contributed by atoms with van der Waals surface area (Å²) in [6.07, 6.45) is 1.12. The molecule has 3 rings (SSSR count). The standard InChI is InChI=1S/C29H33N3O8.C4H4O4/c1-5-38-29(35)27-24(18-40-20(3)33)30-19(2)25(26(27)22-12-9-13-23(16-22)32(36)37)28(34)39-15-14-31(4)17-21-10-7-6-8-11-21;5-3(6)1-2-4(7)8/h6-13,16,26,30H,5,14-15,17-18H2,1-4H3;1-2H,(H,5,6)(H,7,8). The lowest BCUT2D eigenvalue weighted by Crippen LogP contribution is -2.35. The predicted octanol–water partition coefficient (Wildman–Crippen LogP) is 3.32. The Kier molecular flexibility index (Phi) is 15.2. The third kappa shape index (κ3) is 12.2. The van der Waals surface area contributed by atoms with E-state index in [1.54, 1.807) is 19.9 Å². The molecule has 0 radical (unpaired) electrons. The number of hydrogen-bond donors (Lipinski definition) is 3. The van der Waals surface area contributed by atoms with E-state index in [0.29, 0.717) is 36.5 Å². The zero-order valence-corrected chi connectivity index (χ0v) is 26.8. The number of esters is 3. The second-order valence-electron chi connectivity index (χ2n) is 10.2. The number of nitro benzene ring substituents is 1. The molecule has 0 aromatic heterocycles. The molecule has 1 aliphatic heterocycles. The van der Waals surface area contributed by atoms with Crippen LogP contribution in [0.3, 0.4) is 0 Å². The second kappa shape index (κ2) is 19.0. The fourth-order valence-electron chi connectivity index (χ4n) is 4.54. The molecule has 0 fully saturated rings. The molecule has 1 atom stereocenters. The highest BCUT2D eigenvalue weighted by Crippen LogP contribution is 2.40. The topological polar surface area (TPSA) is 212 Å². The van der Waals surface area contributed by atoms with Gasteiger partial charge in [0.2, 0.25) is 0 Å². The molecule has 0 amide bonds. The van der Waals surface area contributed by atoms with Crippen molar-refractivity contribution in [3.05, 3.63) is 111 Å². The first-order valence-corrected chi connectivity index (χ1v) is 14.5. The van der Waals surface area contributed by atoms with Gasteiger partial charge in [0.1, 0.15) is 13.2 Å². The fraction of sp³-hybridized carbons (Fsp3) is 0.303. The third-order valence-corrected chi connectivity index (χ3v) is 6.56. The molecule has 256 valence electrons. The molecule has 1 unspecified atom stereocenters. The Morgan fingerprint density at radius 1 is 0.938 bits per heavy atom. The van der Waals surface area contributed by atoms with Gasteiger partial charge in [-0.1, -0.05) is 42.5 Å². The Morgan fingerprint density at radius 3 is 2.12 bits per heavy atom. The van der Waals surface area contributed by atoms with Crippen LogP contribution in [0.15, 0.2) is 89.3 Å². The molecule has 1 heterocycles. The number of nitrogens with zero attached hydrogens (tertiary/aromatic N) is 2. The Morgan fingerprint density at radius 2 is 1.56 bits per heavy atom. The van der Waals surface area contributed by atoms with Gasteiger partial charge in [0.05, 0.1) is 34.3 Å². The Hall–Kier alpha value is -5.83. The summed E-state index contributed by atoms with van der Waals surface area (Å²) < 4.78 is 16.1. The van der Waals surface area contributed by atoms with Crippen LogP contribution in [0.2, 0.25) is 0 Å². The van der Waals surface area contributed by atoms with Crippen LogP contribution in [-0.2, 0) is 44.7 Å². The van der Waals surface area contributed by atoms with Gasteiger partial charge in [-0.2, -0.15) is 0 Å². The van der Waals surface area contributed by atoms with Crippen molar-refractivity contribution in [3.63, 3.8) is 0 Å². The van der Waals surface area contributed by atoms with Crippen molar-refractivity contribution in [1.82, 2.24) is 10.2 Å². The van der Waals surface area contributed by atoms with Crippen LogP contribution in [0.1, 0.15) is 37.8 Å². The monoisotopic (exact) mass is 667 g/mol. The average molecular weight is 668 g/mol. The molecule has 0 saturated heterocycles. The number of ether oxygens (including phenoxy) is 3. The van der Waals surface area contributed by atoms with Crippen LogP contribution in [0.25, 0.3) is 0 Å². The van der Waals surface area contributed by atoms with Gasteiger partial charge >= 0.3 is 29.8 Å². The number of nitro groups is 1. The van der Waals surface area contributed by atoms with E-state index in [4.69, 9.17) is 24.4 Å². The van der Waals surface area contributed by atoms with Crippen molar-refractivity contribution in [2.45, 2.75) is 33.2 Å². The van der Waals surface area contributed by atoms with Crippen LogP contribution >= 0.6 is 0 Å². The molecule has 0 spiro atoms. The van der Waals surface area contributed by atoms with E-state index in [2.05, 4.69) is 5.32 Å². The first-order valence-electron chi connectivity index (χ1n) is 14.5. The summed E-state index contributed by atoms with van der Waals surface area (Å²) >= 11 is 0. The van der Waals surface area contributed by atoms with E-state index in [9.17, 15) is 34.1 Å². The Labute approximate surface area is 276 Å². The number of carboxylic acid groups (broad SMARTS) is 2. The number of allylic oxidation sites excluding steroid dienone is 1. The number of aliphatic carboxylic acids is 2. The highest BCUT2D eigenvalue weighted by molar-refractivity contribution is 6.00. The van der Waals surface area contributed by atoms with E-state index in [0.717, 1.165) is 5.56 Å². The fourth-order valence-corrected chi connectivity index (χ4v) is 4.54. The van der Waals surface area contributed by atoms with Crippen molar-refractivity contribution < 1.29 is 53.3 Å². The number of dihydropyridines is 1. The van der Waals surface area contributed by atoms with E-state index < -0.39 is 40.7 Å². The molecular formula is C33H37N3O12. The molecule has 0 bridgehead atoms. The number of likely N-dealkylation sites (N-methyl/N-ethyl adjacent to an activating group) is 1. The van der Waals surface area contributed by atoms with Gasteiger partial charge in [0.15, 0.2) is 0 Å². The molecule has 0 saturated carbocycles. The van der Waals surface area contributed by atoms with Crippen molar-refractivity contribution in [1.29, 1.82) is 0 Å². The molecule has 2 aromatic rings. The number of non-ortho nitro benzene ring substituents is 1. The maximum atomic E-state index is 13.5. The van der Waals surface area contributed by atoms with Gasteiger partial charge in [-0.25, -0.2) is 19.2 Å². The number of nitrogens with one attached hydrogen (secondary N) is 1. The van der Waals surface area contributed by atoms with E-state index >= 15 is 0 Å². The summed E-state index contributed by atoms with van der Waals surface area (Å²) in [6, 6.07) is 15.5. The van der Waals surface area contributed by atoms with Gasteiger partial charge < -0.3 is 29.7 Å². The van der Waals surface area contributed by atoms with E-state index in [1.165, 1.54) is 25.1 Å².